The number of benzene rings is 2. The number of hydrogen-bond donors (Lipinski definition) is 1. The van der Waals surface area contributed by atoms with E-state index < -0.39 is 11.6 Å². The van der Waals surface area contributed by atoms with Crippen molar-refractivity contribution < 1.29 is 8.78 Å². The van der Waals surface area contributed by atoms with Crippen LogP contribution in [-0.4, -0.2) is 13.1 Å². The van der Waals surface area contributed by atoms with E-state index in [-0.39, 0.29) is 0 Å². The molecule has 0 bridgehead atoms. The third kappa shape index (κ3) is 3.30. The average Bonchev–Trinajstić information content (AvgIpc) is 2.60. The molecule has 2 aromatic carbocycles. The highest BCUT2D eigenvalue weighted by molar-refractivity contribution is 5.38. The Morgan fingerprint density at radius 3 is 2.57 bits per heavy atom. The van der Waals surface area contributed by atoms with Crippen molar-refractivity contribution in [2.24, 2.45) is 0 Å². The van der Waals surface area contributed by atoms with Crippen LogP contribution in [0, 0.1) is 11.6 Å². The molecule has 0 saturated heterocycles. The lowest BCUT2D eigenvalue weighted by atomic mass is 9.91. The molecule has 0 radical (unpaired) electrons. The SMILES string of the molecule is CC1CNCCc2ccc(Cc3cc(F)cc(F)c3)cc21. The molecule has 0 aromatic heterocycles. The largest absolute Gasteiger partial charge is 0.316 e. The molecular formula is C18H19F2N. The predicted octanol–water partition coefficient (Wildman–Crippen LogP) is 3.80. The molecule has 21 heavy (non-hydrogen) atoms. The van der Waals surface area contributed by atoms with Crippen LogP contribution in [0.4, 0.5) is 8.78 Å². The van der Waals surface area contributed by atoms with Crippen molar-refractivity contribution in [3.8, 4) is 0 Å². The van der Waals surface area contributed by atoms with Crippen molar-refractivity contribution >= 4 is 0 Å². The van der Waals surface area contributed by atoms with Crippen LogP contribution in [0.1, 0.15) is 35.1 Å². The Bertz CT molecular complexity index is 631. The van der Waals surface area contributed by atoms with E-state index in [4.69, 9.17) is 0 Å². The Morgan fingerprint density at radius 1 is 1.05 bits per heavy atom. The number of nitrogens with one attached hydrogen (secondary N) is 1. The minimum absolute atomic E-state index is 0.465. The molecule has 0 spiro atoms. The van der Waals surface area contributed by atoms with Gasteiger partial charge in [-0.05, 0) is 59.7 Å². The van der Waals surface area contributed by atoms with Crippen LogP contribution in [0.5, 0.6) is 0 Å². The quantitative estimate of drug-likeness (QED) is 0.886. The molecule has 110 valence electrons. The van der Waals surface area contributed by atoms with Crippen LogP contribution < -0.4 is 5.32 Å². The third-order valence-electron chi connectivity index (χ3n) is 4.09. The molecule has 2 aromatic rings. The average molecular weight is 287 g/mol. The van der Waals surface area contributed by atoms with Crippen LogP contribution in [0.2, 0.25) is 0 Å². The molecule has 3 rings (SSSR count). The molecule has 0 amide bonds. The van der Waals surface area contributed by atoms with E-state index >= 15 is 0 Å². The van der Waals surface area contributed by atoms with Gasteiger partial charge in [0.2, 0.25) is 0 Å². The van der Waals surface area contributed by atoms with E-state index in [2.05, 4.69) is 30.4 Å². The van der Waals surface area contributed by atoms with Crippen LogP contribution >= 0.6 is 0 Å². The number of hydrogen-bond acceptors (Lipinski definition) is 1. The van der Waals surface area contributed by atoms with Gasteiger partial charge in [-0.15, -0.1) is 0 Å². The van der Waals surface area contributed by atoms with Gasteiger partial charge in [-0.25, -0.2) is 8.78 Å². The van der Waals surface area contributed by atoms with Gasteiger partial charge < -0.3 is 5.32 Å². The molecule has 0 saturated carbocycles. The normalized spacial score (nSPS) is 18.1. The molecule has 1 aliphatic heterocycles. The summed E-state index contributed by atoms with van der Waals surface area (Å²) in [6.45, 7) is 4.19. The first-order valence-corrected chi connectivity index (χ1v) is 7.39. The molecular weight excluding hydrogens is 268 g/mol. The fourth-order valence-electron chi connectivity index (χ4n) is 3.04. The maximum absolute atomic E-state index is 13.3. The summed E-state index contributed by atoms with van der Waals surface area (Å²) >= 11 is 0. The molecule has 0 fully saturated rings. The lowest BCUT2D eigenvalue weighted by Gasteiger charge is -2.14. The summed E-state index contributed by atoms with van der Waals surface area (Å²) in [5.41, 5.74) is 4.51. The van der Waals surface area contributed by atoms with Gasteiger partial charge in [0, 0.05) is 12.6 Å². The van der Waals surface area contributed by atoms with Gasteiger partial charge in [-0.1, -0.05) is 25.1 Å². The minimum Gasteiger partial charge on any atom is -0.316 e. The van der Waals surface area contributed by atoms with Gasteiger partial charge in [0.15, 0.2) is 0 Å². The molecule has 1 aliphatic rings. The third-order valence-corrected chi connectivity index (χ3v) is 4.09. The van der Waals surface area contributed by atoms with Crippen molar-refractivity contribution in [1.82, 2.24) is 5.32 Å². The molecule has 1 N–H and O–H groups in total. The molecule has 1 nitrogen and oxygen atoms in total. The van der Waals surface area contributed by atoms with Crippen LogP contribution in [0.25, 0.3) is 0 Å². The zero-order valence-electron chi connectivity index (χ0n) is 12.1. The smallest absolute Gasteiger partial charge is 0.126 e. The Kier molecular flexibility index (Phi) is 4.02. The summed E-state index contributed by atoms with van der Waals surface area (Å²) in [4.78, 5) is 0. The van der Waals surface area contributed by atoms with Crippen molar-refractivity contribution in [3.63, 3.8) is 0 Å². The standard InChI is InChI=1S/C18H19F2N/c1-12-11-21-5-4-15-3-2-13(9-18(12)15)6-14-7-16(19)10-17(20)8-14/h2-3,7-10,12,21H,4-6,11H2,1H3. The van der Waals surface area contributed by atoms with E-state index in [0.29, 0.717) is 17.9 Å². The number of fused-ring (bicyclic) bond motifs is 1. The minimum atomic E-state index is -0.516. The molecule has 1 unspecified atom stereocenters. The van der Waals surface area contributed by atoms with Gasteiger partial charge in [-0.3, -0.25) is 0 Å². The van der Waals surface area contributed by atoms with Gasteiger partial charge in [0.05, 0.1) is 0 Å². The summed E-state index contributed by atoms with van der Waals surface area (Å²) in [5.74, 6) is -0.568. The molecule has 0 aliphatic carbocycles. The van der Waals surface area contributed by atoms with E-state index in [9.17, 15) is 8.78 Å². The highest BCUT2D eigenvalue weighted by atomic mass is 19.1. The summed E-state index contributed by atoms with van der Waals surface area (Å²) in [6, 6.07) is 10.1. The van der Waals surface area contributed by atoms with Gasteiger partial charge >= 0.3 is 0 Å². The van der Waals surface area contributed by atoms with Gasteiger partial charge in [-0.2, -0.15) is 0 Å². The van der Waals surface area contributed by atoms with Gasteiger partial charge in [0.25, 0.3) is 0 Å². The summed E-state index contributed by atoms with van der Waals surface area (Å²) in [5, 5.41) is 3.43. The Balaban J connectivity index is 1.89. The Hall–Kier alpha value is -1.74. The van der Waals surface area contributed by atoms with Crippen molar-refractivity contribution in [1.29, 1.82) is 0 Å². The summed E-state index contributed by atoms with van der Waals surface area (Å²) < 4.78 is 26.5. The maximum atomic E-state index is 13.3. The fourth-order valence-corrected chi connectivity index (χ4v) is 3.04. The maximum Gasteiger partial charge on any atom is 0.126 e. The molecule has 3 heteroatoms. The predicted molar refractivity (Wildman–Crippen MR) is 80.6 cm³/mol. The lowest BCUT2D eigenvalue weighted by Crippen LogP contribution is -2.18. The van der Waals surface area contributed by atoms with Crippen molar-refractivity contribution in [2.45, 2.75) is 25.7 Å². The highest BCUT2D eigenvalue weighted by Gasteiger charge is 2.15. The number of halogens is 2. The lowest BCUT2D eigenvalue weighted by molar-refractivity contribution is 0.580. The second kappa shape index (κ2) is 5.94. The fraction of sp³-hybridized carbons (Fsp3) is 0.333. The first-order chi connectivity index (χ1) is 10.1. The van der Waals surface area contributed by atoms with Crippen LogP contribution in [0.15, 0.2) is 36.4 Å². The summed E-state index contributed by atoms with van der Waals surface area (Å²) in [6.07, 6.45) is 1.59. The Labute approximate surface area is 124 Å². The van der Waals surface area contributed by atoms with Crippen molar-refractivity contribution in [3.05, 3.63) is 70.3 Å². The summed E-state index contributed by atoms with van der Waals surface area (Å²) in [7, 11) is 0. The highest BCUT2D eigenvalue weighted by Crippen LogP contribution is 2.25. The van der Waals surface area contributed by atoms with E-state index in [1.54, 1.807) is 0 Å². The monoisotopic (exact) mass is 287 g/mol. The zero-order valence-corrected chi connectivity index (χ0v) is 12.1. The Morgan fingerprint density at radius 2 is 1.81 bits per heavy atom. The first kappa shape index (κ1) is 14.2. The van der Waals surface area contributed by atoms with E-state index in [1.165, 1.54) is 23.3 Å². The second-order valence-corrected chi connectivity index (χ2v) is 5.84. The van der Waals surface area contributed by atoms with Crippen LogP contribution in [-0.2, 0) is 12.8 Å². The van der Waals surface area contributed by atoms with Gasteiger partial charge in [0.1, 0.15) is 11.6 Å². The second-order valence-electron chi connectivity index (χ2n) is 5.84. The first-order valence-electron chi connectivity index (χ1n) is 7.39. The molecule has 1 atom stereocenters. The number of rotatable bonds is 2. The van der Waals surface area contributed by atoms with E-state index in [1.807, 2.05) is 0 Å². The van der Waals surface area contributed by atoms with E-state index in [0.717, 1.165) is 31.1 Å². The zero-order chi connectivity index (χ0) is 14.8. The topological polar surface area (TPSA) is 12.0 Å². The molecule has 1 heterocycles. The van der Waals surface area contributed by atoms with Crippen molar-refractivity contribution in [2.75, 3.05) is 13.1 Å². The van der Waals surface area contributed by atoms with Crippen LogP contribution in [0.3, 0.4) is 0 Å².